The number of aliphatic hydroxyl groups is 1. The molecule has 2 heterocycles. The Kier molecular flexibility index (Phi) is 8.27. The summed E-state index contributed by atoms with van der Waals surface area (Å²) in [4.78, 5) is 15.5. The van der Waals surface area contributed by atoms with Crippen LogP contribution in [-0.2, 0) is 21.4 Å². The summed E-state index contributed by atoms with van der Waals surface area (Å²) in [6.07, 6.45) is -0.486. The Morgan fingerprint density at radius 1 is 1.08 bits per heavy atom. The van der Waals surface area contributed by atoms with Crippen molar-refractivity contribution >= 4 is 27.3 Å². The van der Waals surface area contributed by atoms with Gasteiger partial charge < -0.3 is 14.7 Å². The number of hydrogen-bond donors (Lipinski definition) is 1. The summed E-state index contributed by atoms with van der Waals surface area (Å²) in [5, 5.41) is 11.7. The van der Waals surface area contributed by atoms with Crippen molar-refractivity contribution in [1.29, 1.82) is 0 Å². The first-order valence-electron chi connectivity index (χ1n) is 11.9. The van der Waals surface area contributed by atoms with E-state index in [1.807, 2.05) is 62.4 Å². The highest BCUT2D eigenvalue weighted by atomic mass is 32.2. The van der Waals surface area contributed by atoms with Crippen LogP contribution in [0.2, 0.25) is 0 Å². The lowest BCUT2D eigenvalue weighted by Gasteiger charge is -2.34. The lowest BCUT2D eigenvalue weighted by molar-refractivity contribution is -0.0146. The second kappa shape index (κ2) is 11.2. The monoisotopic (exact) mass is 528 g/mol. The Hall–Kier alpha value is -2.56. The highest BCUT2D eigenvalue weighted by Gasteiger charge is 2.32. The van der Waals surface area contributed by atoms with Crippen LogP contribution in [0.3, 0.4) is 0 Å². The van der Waals surface area contributed by atoms with Crippen molar-refractivity contribution < 1.29 is 23.1 Å². The quantitative estimate of drug-likeness (QED) is 0.521. The molecule has 36 heavy (non-hydrogen) atoms. The zero-order chi connectivity index (χ0) is 25.9. The highest BCUT2D eigenvalue weighted by molar-refractivity contribution is 7.91. The zero-order valence-electron chi connectivity index (χ0n) is 20.7. The van der Waals surface area contributed by atoms with E-state index < -0.39 is 22.2 Å². The van der Waals surface area contributed by atoms with E-state index in [-0.39, 0.29) is 35.8 Å². The molecule has 0 saturated carbocycles. The molecule has 0 radical (unpaired) electrons. The van der Waals surface area contributed by atoms with Crippen LogP contribution in [0.5, 0.6) is 0 Å². The molecular formula is C27H32N2O5S2. The maximum Gasteiger partial charge on any atom is 0.254 e. The first-order chi connectivity index (χ1) is 17.2. The molecule has 2 aromatic carbocycles. The number of fused-ring (bicyclic) bond motifs is 3. The molecule has 0 spiro atoms. The van der Waals surface area contributed by atoms with E-state index >= 15 is 0 Å². The van der Waals surface area contributed by atoms with E-state index in [0.29, 0.717) is 12.1 Å². The molecule has 1 N–H and O–H groups in total. The normalized spacial score (nSPS) is 19.9. The summed E-state index contributed by atoms with van der Waals surface area (Å²) in [5.74, 6) is -0.379. The largest absolute Gasteiger partial charge is 0.394 e. The second-order valence-corrected chi connectivity index (χ2v) is 12.5. The number of rotatable bonds is 6. The minimum atomic E-state index is -3.66. The topological polar surface area (TPSA) is 87.2 Å². The van der Waals surface area contributed by atoms with E-state index in [4.69, 9.17) is 4.74 Å². The van der Waals surface area contributed by atoms with Gasteiger partial charge >= 0.3 is 0 Å². The van der Waals surface area contributed by atoms with Crippen LogP contribution >= 0.6 is 11.3 Å². The Labute approximate surface area is 217 Å². The number of likely N-dealkylation sites (N-methyl/N-ethyl adjacent to an activating group) is 1. The van der Waals surface area contributed by atoms with Crippen molar-refractivity contribution in [2.24, 2.45) is 5.92 Å². The van der Waals surface area contributed by atoms with E-state index in [9.17, 15) is 18.3 Å². The van der Waals surface area contributed by atoms with Crippen LogP contribution in [0.4, 0.5) is 0 Å². The molecule has 4 rings (SSSR count). The number of benzene rings is 2. The van der Waals surface area contributed by atoms with Gasteiger partial charge in [0.05, 0.1) is 25.4 Å². The first-order valence-corrected chi connectivity index (χ1v) is 14.3. The maximum absolute atomic E-state index is 13.8. The van der Waals surface area contributed by atoms with Crippen LogP contribution < -0.4 is 0 Å². The smallest absolute Gasteiger partial charge is 0.254 e. The van der Waals surface area contributed by atoms with Gasteiger partial charge in [0, 0.05) is 31.6 Å². The number of carbonyl (C=O) groups excluding carboxylic acids is 1. The molecule has 1 aliphatic heterocycles. The van der Waals surface area contributed by atoms with Crippen LogP contribution in [-0.4, -0.2) is 67.5 Å². The van der Waals surface area contributed by atoms with Gasteiger partial charge in [0.1, 0.15) is 4.21 Å². The number of amides is 1. The number of nitrogens with zero attached hydrogens (tertiary/aromatic N) is 2. The van der Waals surface area contributed by atoms with Gasteiger partial charge in [-0.1, -0.05) is 55.5 Å². The standard InChI is InChI=1S/C27H32N2O5S2/c1-19-15-29(20(2)17-30)27(31)24-12-7-6-11-23(24)22-10-5-4-9-21(22)18-34-25(19)16-28(3)36(32,33)26-13-8-14-35-26/h4-14,19-20,25,30H,15-18H2,1-3H3/t19-,20+,25-/m1/s1. The first kappa shape index (κ1) is 26.5. The number of carbonyl (C=O) groups is 1. The van der Waals surface area contributed by atoms with Crippen LogP contribution in [0, 0.1) is 5.92 Å². The van der Waals surface area contributed by atoms with Crippen molar-refractivity contribution in [3.8, 4) is 11.1 Å². The minimum absolute atomic E-state index is 0.131. The summed E-state index contributed by atoms with van der Waals surface area (Å²) in [6, 6.07) is 18.2. The molecule has 3 atom stereocenters. The van der Waals surface area contributed by atoms with Crippen molar-refractivity contribution in [3.05, 3.63) is 77.2 Å². The SMILES string of the molecule is C[C@@H]1CN([C@@H](C)CO)C(=O)c2ccccc2-c2ccccc2CO[C@@H]1CN(C)S(=O)(=O)c1cccs1. The number of aliphatic hydroxyl groups excluding tert-OH is 1. The summed E-state index contributed by atoms with van der Waals surface area (Å²) in [6.45, 7) is 4.29. The van der Waals surface area contributed by atoms with Crippen LogP contribution in [0.25, 0.3) is 11.1 Å². The maximum atomic E-state index is 13.8. The molecule has 192 valence electrons. The van der Waals surface area contributed by atoms with Gasteiger partial charge in [-0.15, -0.1) is 11.3 Å². The summed E-state index contributed by atoms with van der Waals surface area (Å²) in [5.41, 5.74) is 3.18. The molecule has 0 unspecified atom stereocenters. The van der Waals surface area contributed by atoms with Crippen molar-refractivity contribution in [2.75, 3.05) is 26.7 Å². The van der Waals surface area contributed by atoms with Gasteiger partial charge in [-0.3, -0.25) is 4.79 Å². The molecule has 0 fully saturated rings. The predicted molar refractivity (Wildman–Crippen MR) is 141 cm³/mol. The molecular weight excluding hydrogens is 496 g/mol. The Morgan fingerprint density at radius 2 is 1.75 bits per heavy atom. The van der Waals surface area contributed by atoms with Gasteiger partial charge in [-0.25, -0.2) is 8.42 Å². The number of thiophene rings is 1. The third-order valence-corrected chi connectivity index (χ3v) is 9.89. The minimum Gasteiger partial charge on any atom is -0.394 e. The highest BCUT2D eigenvalue weighted by Crippen LogP contribution is 2.31. The van der Waals surface area contributed by atoms with E-state index in [1.54, 1.807) is 29.5 Å². The summed E-state index contributed by atoms with van der Waals surface area (Å²) >= 11 is 1.18. The number of sulfonamides is 1. The fraction of sp³-hybridized carbons (Fsp3) is 0.370. The van der Waals surface area contributed by atoms with Crippen molar-refractivity contribution in [3.63, 3.8) is 0 Å². The van der Waals surface area contributed by atoms with Crippen LogP contribution in [0.15, 0.2) is 70.3 Å². The third kappa shape index (κ3) is 5.40. The number of ether oxygens (including phenoxy) is 1. The fourth-order valence-electron chi connectivity index (χ4n) is 4.47. The van der Waals surface area contributed by atoms with Gasteiger partial charge in [0.25, 0.3) is 15.9 Å². The van der Waals surface area contributed by atoms with Gasteiger partial charge in [0.15, 0.2) is 0 Å². The zero-order valence-corrected chi connectivity index (χ0v) is 22.3. The Balaban J connectivity index is 1.74. The molecule has 7 nitrogen and oxygen atoms in total. The third-order valence-electron chi connectivity index (χ3n) is 6.69. The fourth-order valence-corrected chi connectivity index (χ4v) is 6.85. The summed E-state index contributed by atoms with van der Waals surface area (Å²) < 4.78 is 34.2. The molecule has 1 amide bonds. The second-order valence-electron chi connectivity index (χ2n) is 9.24. The lowest BCUT2D eigenvalue weighted by atomic mass is 9.94. The molecule has 3 aromatic rings. The Morgan fingerprint density at radius 3 is 2.42 bits per heavy atom. The lowest BCUT2D eigenvalue weighted by Crippen LogP contribution is -2.47. The van der Waals surface area contributed by atoms with E-state index in [2.05, 4.69) is 0 Å². The molecule has 0 saturated heterocycles. The summed E-state index contributed by atoms with van der Waals surface area (Å²) in [7, 11) is -2.11. The average Bonchev–Trinajstić information content (AvgIpc) is 3.44. The average molecular weight is 529 g/mol. The van der Waals surface area contributed by atoms with Crippen molar-refractivity contribution in [1.82, 2.24) is 9.21 Å². The molecule has 1 aliphatic rings. The van der Waals surface area contributed by atoms with Crippen LogP contribution in [0.1, 0.15) is 29.8 Å². The number of hydrogen-bond acceptors (Lipinski definition) is 6. The molecule has 0 aliphatic carbocycles. The predicted octanol–water partition coefficient (Wildman–Crippen LogP) is 4.09. The van der Waals surface area contributed by atoms with Gasteiger partial charge in [0.2, 0.25) is 0 Å². The van der Waals surface area contributed by atoms with Gasteiger partial charge in [-0.2, -0.15) is 4.31 Å². The Bertz CT molecular complexity index is 1290. The molecule has 0 bridgehead atoms. The van der Waals surface area contributed by atoms with Crippen molar-refractivity contribution in [2.45, 2.75) is 36.8 Å². The van der Waals surface area contributed by atoms with E-state index in [0.717, 1.165) is 16.7 Å². The van der Waals surface area contributed by atoms with Gasteiger partial charge in [-0.05, 0) is 41.1 Å². The molecule has 1 aromatic heterocycles. The van der Waals surface area contributed by atoms with E-state index in [1.165, 1.54) is 15.6 Å². The molecule has 9 heteroatoms.